The normalized spacial score (nSPS) is 10.3. The van der Waals surface area contributed by atoms with Crippen molar-refractivity contribution in [1.82, 2.24) is 16.2 Å². The first-order valence-corrected chi connectivity index (χ1v) is 10.2. The van der Waals surface area contributed by atoms with E-state index in [4.69, 9.17) is 4.74 Å². The molecule has 0 aliphatic carbocycles. The summed E-state index contributed by atoms with van der Waals surface area (Å²) < 4.78 is 5.34. The molecule has 0 saturated heterocycles. The van der Waals surface area contributed by atoms with E-state index in [2.05, 4.69) is 16.2 Å². The van der Waals surface area contributed by atoms with E-state index < -0.39 is 11.8 Å². The molecule has 0 aromatic heterocycles. The second-order valence-corrected chi connectivity index (χ2v) is 7.39. The molecular weight excluding hydrogens is 390 g/mol. The van der Waals surface area contributed by atoms with Crippen LogP contribution in [0.3, 0.4) is 0 Å². The van der Waals surface area contributed by atoms with Crippen molar-refractivity contribution in [3.63, 3.8) is 0 Å². The van der Waals surface area contributed by atoms with E-state index in [1.807, 2.05) is 20.8 Å². The van der Waals surface area contributed by atoms with Crippen LogP contribution in [-0.4, -0.2) is 36.1 Å². The molecule has 0 unspecified atom stereocenters. The lowest BCUT2D eigenvalue weighted by molar-refractivity contribution is -0.119. The molecule has 0 spiro atoms. The van der Waals surface area contributed by atoms with Gasteiger partial charge in [0.1, 0.15) is 5.75 Å². The summed E-state index contributed by atoms with van der Waals surface area (Å²) in [4.78, 5) is 37.2. The minimum Gasteiger partial charge on any atom is -0.494 e. The first-order chi connectivity index (χ1) is 13.9. The standard InChI is InChI=1S/C21H25N3O4S/c1-4-28-16-11-9-15(10-12-16)20(26)23-24-21(27)17-7-5-6-8-18(17)29-13-19(25)22-14(2)3/h5-12,14H,4,13H2,1-3H3,(H,22,25)(H,23,26)(H,24,27). The number of carbonyl (C=O) groups excluding carboxylic acids is 3. The highest BCUT2D eigenvalue weighted by Crippen LogP contribution is 2.22. The number of hydrogen-bond acceptors (Lipinski definition) is 5. The van der Waals surface area contributed by atoms with E-state index in [1.54, 1.807) is 48.5 Å². The molecule has 0 fully saturated rings. The zero-order chi connectivity index (χ0) is 21.2. The van der Waals surface area contributed by atoms with Gasteiger partial charge in [-0.3, -0.25) is 25.2 Å². The Morgan fingerprint density at radius 1 is 0.966 bits per heavy atom. The molecule has 0 saturated carbocycles. The van der Waals surface area contributed by atoms with E-state index >= 15 is 0 Å². The quantitative estimate of drug-likeness (QED) is 0.455. The second-order valence-electron chi connectivity index (χ2n) is 6.37. The fourth-order valence-corrected chi connectivity index (χ4v) is 3.27. The lowest BCUT2D eigenvalue weighted by Gasteiger charge is -2.12. The van der Waals surface area contributed by atoms with Crippen molar-refractivity contribution in [2.75, 3.05) is 12.4 Å². The molecule has 3 N–H and O–H groups in total. The predicted octanol–water partition coefficient (Wildman–Crippen LogP) is 2.78. The van der Waals surface area contributed by atoms with Crippen LogP contribution in [0.4, 0.5) is 0 Å². The molecule has 8 heteroatoms. The van der Waals surface area contributed by atoms with Crippen molar-refractivity contribution in [2.24, 2.45) is 0 Å². The summed E-state index contributed by atoms with van der Waals surface area (Å²) in [7, 11) is 0. The first kappa shape index (κ1) is 22.3. The Morgan fingerprint density at radius 2 is 1.62 bits per heavy atom. The maximum absolute atomic E-state index is 12.5. The summed E-state index contributed by atoms with van der Waals surface area (Å²) in [5, 5.41) is 2.81. The molecule has 7 nitrogen and oxygen atoms in total. The number of rotatable bonds is 8. The Kier molecular flexibility index (Phi) is 8.54. The van der Waals surface area contributed by atoms with Crippen LogP contribution in [0.5, 0.6) is 5.75 Å². The highest BCUT2D eigenvalue weighted by atomic mass is 32.2. The zero-order valence-electron chi connectivity index (χ0n) is 16.7. The van der Waals surface area contributed by atoms with Gasteiger partial charge in [-0.25, -0.2) is 0 Å². The number of thioether (sulfide) groups is 1. The molecular formula is C21H25N3O4S. The third-order valence-electron chi connectivity index (χ3n) is 3.66. The number of amides is 3. The van der Waals surface area contributed by atoms with Crippen LogP contribution in [0.1, 0.15) is 41.5 Å². The minimum atomic E-state index is -0.461. The topological polar surface area (TPSA) is 96.5 Å². The van der Waals surface area contributed by atoms with E-state index in [0.29, 0.717) is 28.4 Å². The number of ether oxygens (including phenoxy) is 1. The van der Waals surface area contributed by atoms with Gasteiger partial charge in [0.2, 0.25) is 5.91 Å². The molecule has 0 bridgehead atoms. The van der Waals surface area contributed by atoms with Gasteiger partial charge in [0.05, 0.1) is 17.9 Å². The maximum atomic E-state index is 12.5. The number of nitrogens with one attached hydrogen (secondary N) is 3. The third-order valence-corrected chi connectivity index (χ3v) is 4.73. The van der Waals surface area contributed by atoms with Crippen LogP contribution in [0, 0.1) is 0 Å². The predicted molar refractivity (Wildman–Crippen MR) is 113 cm³/mol. The van der Waals surface area contributed by atoms with Crippen LogP contribution in [0.2, 0.25) is 0 Å². The molecule has 2 rings (SSSR count). The Bertz CT molecular complexity index is 853. The van der Waals surface area contributed by atoms with Crippen LogP contribution in [0.15, 0.2) is 53.4 Å². The van der Waals surface area contributed by atoms with Gasteiger partial charge >= 0.3 is 0 Å². The maximum Gasteiger partial charge on any atom is 0.270 e. The molecule has 0 radical (unpaired) electrons. The lowest BCUT2D eigenvalue weighted by Crippen LogP contribution is -2.41. The number of benzene rings is 2. The molecule has 154 valence electrons. The molecule has 3 amide bonds. The van der Waals surface area contributed by atoms with Crippen molar-refractivity contribution in [3.05, 3.63) is 59.7 Å². The van der Waals surface area contributed by atoms with Crippen molar-refractivity contribution in [3.8, 4) is 5.75 Å². The first-order valence-electron chi connectivity index (χ1n) is 9.25. The Labute approximate surface area is 174 Å². The van der Waals surface area contributed by atoms with Gasteiger partial charge in [-0.2, -0.15) is 0 Å². The summed E-state index contributed by atoms with van der Waals surface area (Å²) >= 11 is 1.26. The van der Waals surface area contributed by atoms with Crippen LogP contribution >= 0.6 is 11.8 Å². The van der Waals surface area contributed by atoms with Crippen LogP contribution in [0.25, 0.3) is 0 Å². The number of hydrazine groups is 1. The SMILES string of the molecule is CCOc1ccc(C(=O)NNC(=O)c2ccccc2SCC(=O)NC(C)C)cc1. The Morgan fingerprint density at radius 3 is 2.28 bits per heavy atom. The average molecular weight is 416 g/mol. The second kappa shape index (κ2) is 11.1. The summed E-state index contributed by atoms with van der Waals surface area (Å²) in [6.45, 7) is 6.19. The number of hydrogen-bond donors (Lipinski definition) is 3. The van der Waals surface area contributed by atoms with Gasteiger partial charge in [0, 0.05) is 16.5 Å². The smallest absolute Gasteiger partial charge is 0.270 e. The zero-order valence-corrected chi connectivity index (χ0v) is 17.5. The highest BCUT2D eigenvalue weighted by Gasteiger charge is 2.14. The van der Waals surface area contributed by atoms with Crippen molar-refractivity contribution in [1.29, 1.82) is 0 Å². The Hall–Kier alpha value is -3.00. The number of carbonyl (C=O) groups is 3. The minimum absolute atomic E-state index is 0.0551. The van der Waals surface area contributed by atoms with Crippen LogP contribution in [-0.2, 0) is 4.79 Å². The third kappa shape index (κ3) is 7.15. The van der Waals surface area contributed by atoms with Crippen LogP contribution < -0.4 is 20.9 Å². The van der Waals surface area contributed by atoms with Gasteiger partial charge in [0.25, 0.3) is 11.8 Å². The monoisotopic (exact) mass is 415 g/mol. The van der Waals surface area contributed by atoms with Crippen molar-refractivity contribution >= 4 is 29.5 Å². The van der Waals surface area contributed by atoms with Crippen molar-refractivity contribution in [2.45, 2.75) is 31.7 Å². The fraction of sp³-hybridized carbons (Fsp3) is 0.286. The highest BCUT2D eigenvalue weighted by molar-refractivity contribution is 8.00. The Balaban J connectivity index is 1.94. The largest absolute Gasteiger partial charge is 0.494 e. The molecule has 0 heterocycles. The van der Waals surface area contributed by atoms with Gasteiger partial charge in [0.15, 0.2) is 0 Å². The molecule has 2 aromatic carbocycles. The van der Waals surface area contributed by atoms with E-state index in [1.165, 1.54) is 11.8 Å². The van der Waals surface area contributed by atoms with Gasteiger partial charge < -0.3 is 10.1 Å². The van der Waals surface area contributed by atoms with Gasteiger partial charge in [-0.1, -0.05) is 12.1 Å². The van der Waals surface area contributed by atoms with Crippen molar-refractivity contribution < 1.29 is 19.1 Å². The molecule has 0 aliphatic heterocycles. The van der Waals surface area contributed by atoms with Gasteiger partial charge in [-0.05, 0) is 57.2 Å². The molecule has 29 heavy (non-hydrogen) atoms. The summed E-state index contributed by atoms with van der Waals surface area (Å²) in [5.41, 5.74) is 5.58. The fourth-order valence-electron chi connectivity index (χ4n) is 2.41. The summed E-state index contributed by atoms with van der Waals surface area (Å²) in [6, 6.07) is 13.6. The lowest BCUT2D eigenvalue weighted by atomic mass is 10.2. The summed E-state index contributed by atoms with van der Waals surface area (Å²) in [6.07, 6.45) is 0. The molecule has 0 aliphatic rings. The average Bonchev–Trinajstić information content (AvgIpc) is 2.70. The van der Waals surface area contributed by atoms with Gasteiger partial charge in [-0.15, -0.1) is 11.8 Å². The van der Waals surface area contributed by atoms with E-state index in [0.717, 1.165) is 0 Å². The molecule has 2 aromatic rings. The molecule has 0 atom stereocenters. The summed E-state index contributed by atoms with van der Waals surface area (Å²) in [5.74, 6) is -0.148. The van der Waals surface area contributed by atoms with E-state index in [-0.39, 0.29) is 17.7 Å². The van der Waals surface area contributed by atoms with E-state index in [9.17, 15) is 14.4 Å².